The fraction of sp³-hybridized carbons (Fsp3) is 0.375. The summed E-state index contributed by atoms with van der Waals surface area (Å²) in [7, 11) is 0. The van der Waals surface area contributed by atoms with Crippen molar-refractivity contribution in [2.45, 2.75) is 39.0 Å². The molecular weight excluding hydrogens is 250 g/mol. The van der Waals surface area contributed by atoms with E-state index in [-0.39, 0.29) is 6.10 Å². The van der Waals surface area contributed by atoms with E-state index in [2.05, 4.69) is 35.2 Å². The maximum Gasteiger partial charge on any atom is 0.169 e. The number of rotatable bonds is 4. The van der Waals surface area contributed by atoms with Crippen LogP contribution in [0.15, 0.2) is 36.7 Å². The quantitative estimate of drug-likeness (QED) is 0.927. The van der Waals surface area contributed by atoms with Gasteiger partial charge in [0.15, 0.2) is 11.9 Å². The molecule has 20 heavy (non-hydrogen) atoms. The van der Waals surface area contributed by atoms with Gasteiger partial charge in [0.2, 0.25) is 0 Å². The van der Waals surface area contributed by atoms with Crippen LogP contribution in [-0.4, -0.2) is 16.0 Å². The van der Waals surface area contributed by atoms with Gasteiger partial charge in [-0.3, -0.25) is 0 Å². The lowest BCUT2D eigenvalue weighted by Crippen LogP contribution is -2.22. The van der Waals surface area contributed by atoms with Gasteiger partial charge in [0.25, 0.3) is 0 Å². The predicted octanol–water partition coefficient (Wildman–Crippen LogP) is 2.65. The molecule has 0 bridgehead atoms. The maximum absolute atomic E-state index is 5.89. The van der Waals surface area contributed by atoms with Crippen molar-refractivity contribution in [2.24, 2.45) is 0 Å². The van der Waals surface area contributed by atoms with Crippen molar-refractivity contribution in [2.75, 3.05) is 0 Å². The summed E-state index contributed by atoms with van der Waals surface area (Å²) in [6.45, 7) is 5.04. The summed E-state index contributed by atoms with van der Waals surface area (Å²) in [5.41, 5.74) is 2.32. The third kappa shape index (κ3) is 2.80. The fourth-order valence-corrected chi connectivity index (χ4v) is 2.27. The van der Waals surface area contributed by atoms with Crippen LogP contribution in [0.25, 0.3) is 0 Å². The van der Waals surface area contributed by atoms with Crippen molar-refractivity contribution in [3.8, 4) is 5.75 Å². The number of benzene rings is 1. The standard InChI is InChI=1S/C16H19N3O/c1-11(2)17-8-12-9-18-16(19-10-12)15-7-13-5-3-4-6-14(13)20-15/h3-6,9-11,15,17H,7-8H2,1-2H3. The van der Waals surface area contributed by atoms with Gasteiger partial charge >= 0.3 is 0 Å². The van der Waals surface area contributed by atoms with Crippen LogP contribution in [0.4, 0.5) is 0 Å². The molecule has 1 aliphatic rings. The zero-order chi connectivity index (χ0) is 13.9. The molecule has 4 nitrogen and oxygen atoms in total. The first-order valence-corrected chi connectivity index (χ1v) is 7.01. The molecule has 0 radical (unpaired) electrons. The van der Waals surface area contributed by atoms with Gasteiger partial charge in [0, 0.05) is 37.0 Å². The lowest BCUT2D eigenvalue weighted by molar-refractivity contribution is 0.227. The number of nitrogens with zero attached hydrogens (tertiary/aromatic N) is 2. The Bertz CT molecular complexity index is 556. The fourth-order valence-electron chi connectivity index (χ4n) is 2.27. The Morgan fingerprint density at radius 2 is 2.00 bits per heavy atom. The number of hydrogen-bond donors (Lipinski definition) is 1. The highest BCUT2D eigenvalue weighted by atomic mass is 16.5. The number of aromatic nitrogens is 2. The van der Waals surface area contributed by atoms with Gasteiger partial charge < -0.3 is 10.1 Å². The molecule has 2 heterocycles. The molecule has 1 unspecified atom stereocenters. The smallest absolute Gasteiger partial charge is 0.169 e. The Morgan fingerprint density at radius 1 is 1.25 bits per heavy atom. The topological polar surface area (TPSA) is 47.0 Å². The van der Waals surface area contributed by atoms with Crippen LogP contribution in [0.3, 0.4) is 0 Å². The van der Waals surface area contributed by atoms with E-state index in [9.17, 15) is 0 Å². The minimum atomic E-state index is -0.0560. The van der Waals surface area contributed by atoms with Gasteiger partial charge in [-0.25, -0.2) is 9.97 Å². The lowest BCUT2D eigenvalue weighted by atomic mass is 10.1. The summed E-state index contributed by atoms with van der Waals surface area (Å²) in [6, 6.07) is 8.57. The van der Waals surface area contributed by atoms with Gasteiger partial charge in [-0.2, -0.15) is 0 Å². The molecule has 0 spiro atoms. The van der Waals surface area contributed by atoms with Gasteiger partial charge in [-0.15, -0.1) is 0 Å². The number of fused-ring (bicyclic) bond motifs is 1. The molecule has 1 aromatic carbocycles. The number of hydrogen-bond acceptors (Lipinski definition) is 4. The molecule has 1 aromatic heterocycles. The van der Waals surface area contributed by atoms with Crippen molar-refractivity contribution in [1.82, 2.24) is 15.3 Å². The summed E-state index contributed by atoms with van der Waals surface area (Å²) in [6.07, 6.45) is 4.55. The second-order valence-corrected chi connectivity index (χ2v) is 5.40. The zero-order valence-corrected chi connectivity index (χ0v) is 11.8. The Labute approximate surface area is 119 Å². The molecule has 0 aliphatic carbocycles. The Morgan fingerprint density at radius 3 is 2.70 bits per heavy atom. The third-order valence-electron chi connectivity index (χ3n) is 3.37. The van der Waals surface area contributed by atoms with Gasteiger partial charge in [-0.1, -0.05) is 32.0 Å². The Balaban J connectivity index is 1.67. The van der Waals surface area contributed by atoms with E-state index in [4.69, 9.17) is 4.74 Å². The van der Waals surface area contributed by atoms with Crippen molar-refractivity contribution in [3.63, 3.8) is 0 Å². The number of ether oxygens (including phenoxy) is 1. The molecular formula is C16H19N3O. The zero-order valence-electron chi connectivity index (χ0n) is 11.8. The molecule has 0 fully saturated rings. The largest absolute Gasteiger partial charge is 0.482 e. The van der Waals surface area contributed by atoms with E-state index in [1.165, 1.54) is 5.56 Å². The number of nitrogens with one attached hydrogen (secondary N) is 1. The summed E-state index contributed by atoms with van der Waals surface area (Å²) in [5.74, 6) is 1.71. The molecule has 1 N–H and O–H groups in total. The van der Waals surface area contributed by atoms with Crippen molar-refractivity contribution < 1.29 is 4.74 Å². The molecule has 3 rings (SSSR count). The molecule has 1 atom stereocenters. The molecule has 104 valence electrons. The Hall–Kier alpha value is -1.94. The first-order chi connectivity index (χ1) is 9.72. The first-order valence-electron chi connectivity index (χ1n) is 7.01. The average Bonchev–Trinajstić information content (AvgIpc) is 2.89. The SMILES string of the molecule is CC(C)NCc1cnc(C2Cc3ccccc3O2)nc1. The van der Waals surface area contributed by atoms with Crippen LogP contribution >= 0.6 is 0 Å². The monoisotopic (exact) mass is 269 g/mol. The average molecular weight is 269 g/mol. The van der Waals surface area contributed by atoms with Crippen LogP contribution in [0, 0.1) is 0 Å². The summed E-state index contributed by atoms with van der Waals surface area (Å²) in [4.78, 5) is 8.89. The highest BCUT2D eigenvalue weighted by molar-refractivity contribution is 5.38. The highest BCUT2D eigenvalue weighted by Gasteiger charge is 2.25. The normalized spacial score (nSPS) is 17.1. The second-order valence-electron chi connectivity index (χ2n) is 5.40. The van der Waals surface area contributed by atoms with E-state index >= 15 is 0 Å². The number of para-hydroxylation sites is 1. The highest BCUT2D eigenvalue weighted by Crippen LogP contribution is 2.34. The maximum atomic E-state index is 5.89. The van der Waals surface area contributed by atoms with Crippen LogP contribution < -0.4 is 10.1 Å². The Kier molecular flexibility index (Phi) is 3.65. The molecule has 1 aliphatic heterocycles. The molecule has 4 heteroatoms. The second kappa shape index (κ2) is 5.59. The predicted molar refractivity (Wildman–Crippen MR) is 77.5 cm³/mol. The van der Waals surface area contributed by atoms with Crippen LogP contribution in [-0.2, 0) is 13.0 Å². The molecule has 0 amide bonds. The van der Waals surface area contributed by atoms with E-state index in [0.717, 1.165) is 30.1 Å². The van der Waals surface area contributed by atoms with Crippen LogP contribution in [0.2, 0.25) is 0 Å². The van der Waals surface area contributed by atoms with E-state index < -0.39 is 0 Å². The molecule has 0 saturated carbocycles. The minimum absolute atomic E-state index is 0.0560. The van der Waals surface area contributed by atoms with Crippen molar-refractivity contribution >= 4 is 0 Å². The van der Waals surface area contributed by atoms with Crippen molar-refractivity contribution in [1.29, 1.82) is 0 Å². The molecule has 0 saturated heterocycles. The van der Waals surface area contributed by atoms with Gasteiger partial charge in [0.05, 0.1) is 0 Å². The lowest BCUT2D eigenvalue weighted by Gasteiger charge is -2.10. The van der Waals surface area contributed by atoms with Gasteiger partial charge in [0.1, 0.15) is 5.75 Å². The molecule has 2 aromatic rings. The summed E-state index contributed by atoms with van der Waals surface area (Å²) >= 11 is 0. The third-order valence-corrected chi connectivity index (χ3v) is 3.37. The van der Waals surface area contributed by atoms with Crippen LogP contribution in [0.1, 0.15) is 36.9 Å². The first kappa shape index (κ1) is 13.1. The minimum Gasteiger partial charge on any atom is -0.482 e. The summed E-state index contributed by atoms with van der Waals surface area (Å²) in [5, 5.41) is 3.35. The summed E-state index contributed by atoms with van der Waals surface area (Å²) < 4.78 is 5.89. The van der Waals surface area contributed by atoms with Crippen LogP contribution in [0.5, 0.6) is 5.75 Å². The van der Waals surface area contributed by atoms with E-state index in [0.29, 0.717) is 6.04 Å². The van der Waals surface area contributed by atoms with Crippen molar-refractivity contribution in [3.05, 3.63) is 53.6 Å². The van der Waals surface area contributed by atoms with E-state index in [1.807, 2.05) is 30.6 Å². The van der Waals surface area contributed by atoms with Gasteiger partial charge in [-0.05, 0) is 11.6 Å². The van der Waals surface area contributed by atoms with E-state index in [1.54, 1.807) is 0 Å².